The molecule has 0 aliphatic heterocycles. The van der Waals surface area contributed by atoms with Crippen molar-refractivity contribution in [2.75, 3.05) is 14.2 Å². The standard InChI is InChI=1S/C16H16O4/c1-10-4-6-13(16(17)18)14(8-10)12-7-5-11(19-2)9-15(12)20-3/h4-9H,1-3H3,(H,17,18). The highest BCUT2D eigenvalue weighted by atomic mass is 16.5. The van der Waals surface area contributed by atoms with Gasteiger partial charge in [-0.3, -0.25) is 0 Å². The maximum absolute atomic E-state index is 11.4. The Morgan fingerprint density at radius 3 is 2.35 bits per heavy atom. The number of carboxylic acid groups (broad SMARTS) is 1. The molecule has 0 saturated heterocycles. The molecular weight excluding hydrogens is 256 g/mol. The molecule has 0 atom stereocenters. The minimum Gasteiger partial charge on any atom is -0.497 e. The molecule has 0 aliphatic rings. The monoisotopic (exact) mass is 272 g/mol. The van der Waals surface area contributed by atoms with Crippen LogP contribution in [0.25, 0.3) is 11.1 Å². The molecule has 0 aliphatic carbocycles. The first kappa shape index (κ1) is 13.9. The third kappa shape index (κ3) is 2.59. The summed E-state index contributed by atoms with van der Waals surface area (Å²) >= 11 is 0. The Bertz CT molecular complexity index is 647. The van der Waals surface area contributed by atoms with Crippen molar-refractivity contribution in [1.29, 1.82) is 0 Å². The van der Waals surface area contributed by atoms with Crippen LogP contribution in [0.1, 0.15) is 15.9 Å². The Morgan fingerprint density at radius 1 is 1.00 bits per heavy atom. The summed E-state index contributed by atoms with van der Waals surface area (Å²) in [6.45, 7) is 1.92. The summed E-state index contributed by atoms with van der Waals surface area (Å²) in [5.41, 5.74) is 2.60. The van der Waals surface area contributed by atoms with Crippen LogP contribution in [0.4, 0.5) is 0 Å². The summed E-state index contributed by atoms with van der Waals surface area (Å²) in [5, 5.41) is 9.32. The first-order valence-corrected chi connectivity index (χ1v) is 6.13. The van der Waals surface area contributed by atoms with Gasteiger partial charge in [0.15, 0.2) is 0 Å². The van der Waals surface area contributed by atoms with Gasteiger partial charge in [0.2, 0.25) is 0 Å². The fourth-order valence-electron chi connectivity index (χ4n) is 2.09. The molecule has 0 fully saturated rings. The number of aryl methyl sites for hydroxylation is 1. The number of carboxylic acids is 1. The normalized spacial score (nSPS) is 10.2. The minimum atomic E-state index is -0.960. The highest BCUT2D eigenvalue weighted by Gasteiger charge is 2.15. The van der Waals surface area contributed by atoms with Crippen LogP contribution in [0.3, 0.4) is 0 Å². The van der Waals surface area contributed by atoms with Crippen LogP contribution in [0.15, 0.2) is 36.4 Å². The van der Waals surface area contributed by atoms with Crippen molar-refractivity contribution in [2.45, 2.75) is 6.92 Å². The Kier molecular flexibility index (Phi) is 3.94. The summed E-state index contributed by atoms with van der Waals surface area (Å²) in [6, 6.07) is 10.6. The molecule has 104 valence electrons. The van der Waals surface area contributed by atoms with Crippen molar-refractivity contribution in [2.24, 2.45) is 0 Å². The summed E-state index contributed by atoms with van der Waals surface area (Å²) in [6.07, 6.45) is 0. The first-order valence-electron chi connectivity index (χ1n) is 6.13. The van der Waals surface area contributed by atoms with Gasteiger partial charge in [-0.2, -0.15) is 0 Å². The van der Waals surface area contributed by atoms with Gasteiger partial charge in [-0.15, -0.1) is 0 Å². The fourth-order valence-corrected chi connectivity index (χ4v) is 2.09. The first-order chi connectivity index (χ1) is 9.56. The lowest BCUT2D eigenvalue weighted by Gasteiger charge is -2.13. The van der Waals surface area contributed by atoms with E-state index in [1.54, 1.807) is 44.6 Å². The zero-order valence-corrected chi connectivity index (χ0v) is 11.6. The van der Waals surface area contributed by atoms with Crippen LogP contribution in [0, 0.1) is 6.92 Å². The Morgan fingerprint density at radius 2 is 1.75 bits per heavy atom. The number of hydrogen-bond donors (Lipinski definition) is 1. The molecule has 4 nitrogen and oxygen atoms in total. The highest BCUT2D eigenvalue weighted by Crippen LogP contribution is 2.35. The predicted molar refractivity (Wildman–Crippen MR) is 76.7 cm³/mol. The average molecular weight is 272 g/mol. The molecule has 0 amide bonds. The van der Waals surface area contributed by atoms with Gasteiger partial charge in [-0.1, -0.05) is 17.7 Å². The third-order valence-electron chi connectivity index (χ3n) is 3.10. The van der Waals surface area contributed by atoms with Crippen LogP contribution < -0.4 is 9.47 Å². The van der Waals surface area contributed by atoms with E-state index >= 15 is 0 Å². The molecule has 0 bridgehead atoms. The van der Waals surface area contributed by atoms with Crippen LogP contribution in [0.5, 0.6) is 11.5 Å². The number of ether oxygens (including phenoxy) is 2. The second-order valence-electron chi connectivity index (χ2n) is 4.42. The summed E-state index contributed by atoms with van der Waals surface area (Å²) in [4.78, 5) is 11.4. The molecule has 2 rings (SSSR count). The van der Waals surface area contributed by atoms with E-state index in [1.807, 2.05) is 13.0 Å². The molecule has 2 aromatic rings. The van der Waals surface area contributed by atoms with Gasteiger partial charge in [0.05, 0.1) is 19.8 Å². The third-order valence-corrected chi connectivity index (χ3v) is 3.10. The molecule has 0 spiro atoms. The van der Waals surface area contributed by atoms with Crippen molar-refractivity contribution in [1.82, 2.24) is 0 Å². The molecule has 1 N–H and O–H groups in total. The van der Waals surface area contributed by atoms with Gasteiger partial charge < -0.3 is 14.6 Å². The second-order valence-corrected chi connectivity index (χ2v) is 4.42. The quantitative estimate of drug-likeness (QED) is 0.927. The highest BCUT2D eigenvalue weighted by molar-refractivity contribution is 5.97. The molecule has 2 aromatic carbocycles. The maximum Gasteiger partial charge on any atom is 0.336 e. The molecule has 4 heteroatoms. The van der Waals surface area contributed by atoms with Gasteiger partial charge in [-0.05, 0) is 25.1 Å². The van der Waals surface area contributed by atoms with Crippen LogP contribution >= 0.6 is 0 Å². The molecule has 0 aromatic heterocycles. The number of carbonyl (C=O) groups is 1. The molecule has 0 heterocycles. The number of rotatable bonds is 4. The van der Waals surface area contributed by atoms with E-state index in [-0.39, 0.29) is 5.56 Å². The van der Waals surface area contributed by atoms with E-state index in [0.717, 1.165) is 11.1 Å². The lowest BCUT2D eigenvalue weighted by Crippen LogP contribution is -2.01. The Labute approximate surface area is 117 Å². The Balaban J connectivity index is 2.67. The van der Waals surface area contributed by atoms with Gasteiger partial charge in [-0.25, -0.2) is 4.79 Å². The summed E-state index contributed by atoms with van der Waals surface area (Å²) in [7, 11) is 3.12. The SMILES string of the molecule is COc1ccc(-c2cc(C)ccc2C(=O)O)c(OC)c1. The van der Waals surface area contributed by atoms with Gasteiger partial charge in [0.1, 0.15) is 11.5 Å². The van der Waals surface area contributed by atoms with E-state index in [1.165, 1.54) is 0 Å². The molecular formula is C16H16O4. The largest absolute Gasteiger partial charge is 0.497 e. The fraction of sp³-hybridized carbons (Fsp3) is 0.188. The second kappa shape index (κ2) is 5.65. The zero-order chi connectivity index (χ0) is 14.7. The smallest absolute Gasteiger partial charge is 0.336 e. The minimum absolute atomic E-state index is 0.249. The summed E-state index contributed by atoms with van der Waals surface area (Å²) < 4.78 is 10.5. The Hall–Kier alpha value is -2.49. The molecule has 0 saturated carbocycles. The average Bonchev–Trinajstić information content (AvgIpc) is 2.46. The topological polar surface area (TPSA) is 55.8 Å². The number of aromatic carboxylic acids is 1. The van der Waals surface area contributed by atoms with E-state index in [2.05, 4.69) is 0 Å². The van der Waals surface area contributed by atoms with E-state index in [4.69, 9.17) is 9.47 Å². The van der Waals surface area contributed by atoms with E-state index < -0.39 is 5.97 Å². The van der Waals surface area contributed by atoms with Crippen molar-refractivity contribution < 1.29 is 19.4 Å². The maximum atomic E-state index is 11.4. The van der Waals surface area contributed by atoms with Crippen molar-refractivity contribution >= 4 is 5.97 Å². The zero-order valence-electron chi connectivity index (χ0n) is 11.6. The van der Waals surface area contributed by atoms with Crippen LogP contribution in [0.2, 0.25) is 0 Å². The number of methoxy groups -OCH3 is 2. The summed E-state index contributed by atoms with van der Waals surface area (Å²) in [5.74, 6) is 0.283. The van der Waals surface area contributed by atoms with Crippen LogP contribution in [-0.2, 0) is 0 Å². The molecule has 0 unspecified atom stereocenters. The lowest BCUT2D eigenvalue weighted by atomic mass is 9.96. The van der Waals surface area contributed by atoms with E-state index in [0.29, 0.717) is 17.1 Å². The van der Waals surface area contributed by atoms with Crippen molar-refractivity contribution in [3.05, 3.63) is 47.5 Å². The molecule has 20 heavy (non-hydrogen) atoms. The van der Waals surface area contributed by atoms with Gasteiger partial charge in [0.25, 0.3) is 0 Å². The van der Waals surface area contributed by atoms with Gasteiger partial charge >= 0.3 is 5.97 Å². The lowest BCUT2D eigenvalue weighted by molar-refractivity contribution is 0.0697. The predicted octanol–water partition coefficient (Wildman–Crippen LogP) is 3.38. The number of hydrogen-bond acceptors (Lipinski definition) is 3. The van der Waals surface area contributed by atoms with Crippen LogP contribution in [-0.4, -0.2) is 25.3 Å². The van der Waals surface area contributed by atoms with Crippen molar-refractivity contribution in [3.8, 4) is 22.6 Å². The number of benzene rings is 2. The van der Waals surface area contributed by atoms with Gasteiger partial charge in [0, 0.05) is 17.2 Å². The van der Waals surface area contributed by atoms with Crippen molar-refractivity contribution in [3.63, 3.8) is 0 Å². The van der Waals surface area contributed by atoms with E-state index in [9.17, 15) is 9.90 Å². The molecule has 0 radical (unpaired) electrons.